The van der Waals surface area contributed by atoms with Crippen molar-refractivity contribution in [1.82, 2.24) is 0 Å². The van der Waals surface area contributed by atoms with Gasteiger partial charge < -0.3 is 10.5 Å². The Morgan fingerprint density at radius 1 is 1.31 bits per heavy atom. The molecule has 0 unspecified atom stereocenters. The molecule has 0 radical (unpaired) electrons. The summed E-state index contributed by atoms with van der Waals surface area (Å²) in [5.41, 5.74) is 6.86. The molecule has 0 aliphatic rings. The molecule has 0 aromatic heterocycles. The van der Waals surface area contributed by atoms with Gasteiger partial charge in [-0.05, 0) is 26.0 Å². The van der Waals surface area contributed by atoms with Crippen molar-refractivity contribution in [1.29, 1.82) is 0 Å². The fourth-order valence-electron chi connectivity index (χ4n) is 1.07. The van der Waals surface area contributed by atoms with Crippen LogP contribution in [-0.4, -0.2) is 12.1 Å². The van der Waals surface area contributed by atoms with Gasteiger partial charge in [-0.3, -0.25) is 4.99 Å². The summed E-state index contributed by atoms with van der Waals surface area (Å²) >= 11 is 0. The van der Waals surface area contributed by atoms with E-state index < -0.39 is 6.36 Å². The molecule has 0 atom stereocenters. The van der Waals surface area contributed by atoms with Gasteiger partial charge in [0.1, 0.15) is 5.75 Å². The molecule has 1 rings (SSSR count). The van der Waals surface area contributed by atoms with Crippen molar-refractivity contribution in [2.45, 2.75) is 20.2 Å². The maximum atomic E-state index is 11.9. The van der Waals surface area contributed by atoms with Crippen LogP contribution in [0.3, 0.4) is 0 Å². The van der Waals surface area contributed by atoms with E-state index in [4.69, 9.17) is 5.73 Å². The standard InChI is InChI=1S/C10H11F3N2O/c1-6(2)15-9-4-3-7(5-8(9)14)16-10(11,12)13/h3-5H,14H2,1-2H3. The molecule has 3 nitrogen and oxygen atoms in total. The van der Waals surface area contributed by atoms with E-state index >= 15 is 0 Å². The molecule has 0 amide bonds. The van der Waals surface area contributed by atoms with Crippen LogP contribution in [0.5, 0.6) is 5.75 Å². The second-order valence-corrected chi connectivity index (χ2v) is 3.33. The van der Waals surface area contributed by atoms with Gasteiger partial charge in [0.05, 0.1) is 11.4 Å². The minimum Gasteiger partial charge on any atom is -0.406 e. The fraction of sp³-hybridized carbons (Fsp3) is 0.300. The van der Waals surface area contributed by atoms with Crippen LogP contribution in [0.4, 0.5) is 24.5 Å². The lowest BCUT2D eigenvalue weighted by molar-refractivity contribution is -0.274. The quantitative estimate of drug-likeness (QED) is 0.628. The monoisotopic (exact) mass is 232 g/mol. The summed E-state index contributed by atoms with van der Waals surface area (Å²) in [6.45, 7) is 3.53. The normalized spacial score (nSPS) is 11.1. The molecule has 0 bridgehead atoms. The zero-order valence-electron chi connectivity index (χ0n) is 8.80. The minimum absolute atomic E-state index is 0.142. The van der Waals surface area contributed by atoms with Gasteiger partial charge in [-0.25, -0.2) is 0 Å². The maximum absolute atomic E-state index is 11.9. The largest absolute Gasteiger partial charge is 0.573 e. The highest BCUT2D eigenvalue weighted by molar-refractivity contribution is 5.84. The summed E-state index contributed by atoms with van der Waals surface area (Å²) in [4.78, 5) is 4.05. The molecule has 0 aliphatic heterocycles. The summed E-state index contributed by atoms with van der Waals surface area (Å²) < 4.78 is 39.4. The minimum atomic E-state index is -4.71. The molecular weight excluding hydrogens is 221 g/mol. The summed E-state index contributed by atoms with van der Waals surface area (Å²) in [5.74, 6) is -0.349. The van der Waals surface area contributed by atoms with Crippen molar-refractivity contribution in [3.63, 3.8) is 0 Å². The topological polar surface area (TPSA) is 47.6 Å². The molecular formula is C10H11F3N2O. The average molecular weight is 232 g/mol. The summed E-state index contributed by atoms with van der Waals surface area (Å²) in [6.07, 6.45) is -4.71. The zero-order valence-corrected chi connectivity index (χ0v) is 8.80. The van der Waals surface area contributed by atoms with Crippen molar-refractivity contribution in [2.75, 3.05) is 5.73 Å². The molecule has 1 aromatic rings. The van der Waals surface area contributed by atoms with Gasteiger partial charge in [0, 0.05) is 11.8 Å². The van der Waals surface area contributed by atoms with Crippen LogP contribution in [0.15, 0.2) is 23.2 Å². The summed E-state index contributed by atoms with van der Waals surface area (Å²) in [5, 5.41) is 0. The van der Waals surface area contributed by atoms with Crippen molar-refractivity contribution < 1.29 is 17.9 Å². The predicted octanol–water partition coefficient (Wildman–Crippen LogP) is 3.28. The van der Waals surface area contributed by atoms with E-state index in [1.165, 1.54) is 12.1 Å². The fourth-order valence-corrected chi connectivity index (χ4v) is 1.07. The van der Waals surface area contributed by atoms with Gasteiger partial charge in [-0.1, -0.05) is 0 Å². The number of alkyl halides is 3. The van der Waals surface area contributed by atoms with E-state index in [0.29, 0.717) is 5.69 Å². The molecule has 1 aromatic carbocycles. The third-order valence-electron chi connectivity index (χ3n) is 1.58. The number of nitrogens with zero attached hydrogens (tertiary/aromatic N) is 1. The van der Waals surface area contributed by atoms with E-state index in [1.54, 1.807) is 13.8 Å². The third kappa shape index (κ3) is 3.80. The number of rotatable bonds is 2. The summed E-state index contributed by atoms with van der Waals surface area (Å²) in [7, 11) is 0. The Morgan fingerprint density at radius 2 is 1.94 bits per heavy atom. The first-order chi connectivity index (χ1) is 7.28. The van der Waals surface area contributed by atoms with Gasteiger partial charge in [-0.2, -0.15) is 0 Å². The second-order valence-electron chi connectivity index (χ2n) is 3.33. The number of aliphatic imine (C=N–C) groups is 1. The number of hydrogen-bond donors (Lipinski definition) is 1. The van der Waals surface area contributed by atoms with Gasteiger partial charge in [0.15, 0.2) is 0 Å². The Bertz CT molecular complexity index is 409. The van der Waals surface area contributed by atoms with Crippen molar-refractivity contribution in [2.24, 2.45) is 4.99 Å². The lowest BCUT2D eigenvalue weighted by atomic mass is 10.2. The molecule has 0 saturated carbocycles. The molecule has 2 N–H and O–H groups in total. The number of anilines is 1. The van der Waals surface area contributed by atoms with Crippen LogP contribution in [0.2, 0.25) is 0 Å². The molecule has 0 fully saturated rings. The maximum Gasteiger partial charge on any atom is 0.573 e. The van der Waals surface area contributed by atoms with Crippen molar-refractivity contribution in [3.8, 4) is 5.75 Å². The predicted molar refractivity (Wildman–Crippen MR) is 56.0 cm³/mol. The van der Waals surface area contributed by atoms with Crippen molar-refractivity contribution >= 4 is 17.1 Å². The van der Waals surface area contributed by atoms with Crippen LogP contribution in [0, 0.1) is 0 Å². The van der Waals surface area contributed by atoms with E-state index in [-0.39, 0.29) is 11.4 Å². The van der Waals surface area contributed by atoms with E-state index in [2.05, 4.69) is 9.73 Å². The number of nitrogens with two attached hydrogens (primary N) is 1. The van der Waals surface area contributed by atoms with Crippen LogP contribution < -0.4 is 10.5 Å². The Morgan fingerprint density at radius 3 is 2.38 bits per heavy atom. The molecule has 16 heavy (non-hydrogen) atoms. The number of halogens is 3. The SMILES string of the molecule is CC(C)=Nc1ccc(OC(F)(F)F)cc1N. The van der Waals surface area contributed by atoms with E-state index in [9.17, 15) is 13.2 Å². The highest BCUT2D eigenvalue weighted by atomic mass is 19.4. The third-order valence-corrected chi connectivity index (χ3v) is 1.58. The van der Waals surface area contributed by atoms with Crippen LogP contribution >= 0.6 is 0 Å². The first-order valence-corrected chi connectivity index (χ1v) is 4.45. The van der Waals surface area contributed by atoms with E-state index in [0.717, 1.165) is 11.8 Å². The number of benzene rings is 1. The average Bonchev–Trinajstić information content (AvgIpc) is 2.06. The van der Waals surface area contributed by atoms with Crippen molar-refractivity contribution in [3.05, 3.63) is 18.2 Å². The van der Waals surface area contributed by atoms with Gasteiger partial charge >= 0.3 is 6.36 Å². The smallest absolute Gasteiger partial charge is 0.406 e. The second kappa shape index (κ2) is 4.42. The highest BCUT2D eigenvalue weighted by Gasteiger charge is 2.31. The molecule has 0 heterocycles. The lowest BCUT2D eigenvalue weighted by Crippen LogP contribution is -2.17. The Kier molecular flexibility index (Phi) is 3.41. The Labute approximate surface area is 90.7 Å². The molecule has 6 heteroatoms. The molecule has 0 spiro atoms. The highest BCUT2D eigenvalue weighted by Crippen LogP contribution is 2.30. The number of hydrogen-bond acceptors (Lipinski definition) is 3. The van der Waals surface area contributed by atoms with Crippen LogP contribution in [-0.2, 0) is 0 Å². The van der Waals surface area contributed by atoms with Gasteiger partial charge in [-0.15, -0.1) is 13.2 Å². The van der Waals surface area contributed by atoms with Crippen LogP contribution in [0.1, 0.15) is 13.8 Å². The lowest BCUT2D eigenvalue weighted by Gasteiger charge is -2.10. The van der Waals surface area contributed by atoms with Gasteiger partial charge in [0.2, 0.25) is 0 Å². The van der Waals surface area contributed by atoms with E-state index in [1.807, 2.05) is 0 Å². The Balaban J connectivity index is 2.96. The van der Waals surface area contributed by atoms with Gasteiger partial charge in [0.25, 0.3) is 0 Å². The first-order valence-electron chi connectivity index (χ1n) is 4.45. The zero-order chi connectivity index (χ0) is 12.3. The number of ether oxygens (including phenoxy) is 1. The first kappa shape index (κ1) is 12.4. The van der Waals surface area contributed by atoms with Crippen LogP contribution in [0.25, 0.3) is 0 Å². The molecule has 88 valence electrons. The molecule has 0 saturated heterocycles. The Hall–Kier alpha value is -1.72. The number of nitrogen functional groups attached to an aromatic ring is 1. The molecule has 0 aliphatic carbocycles. The summed E-state index contributed by atoms with van der Waals surface area (Å²) in [6, 6.07) is 3.64.